The highest BCUT2D eigenvalue weighted by molar-refractivity contribution is 5.57. The van der Waals surface area contributed by atoms with Gasteiger partial charge in [0.25, 0.3) is 0 Å². The summed E-state index contributed by atoms with van der Waals surface area (Å²) in [6.07, 6.45) is 3.49. The third kappa shape index (κ3) is 1.69. The first-order chi connectivity index (χ1) is 6.75. The maximum Gasteiger partial charge on any atom is 0.230 e. The summed E-state index contributed by atoms with van der Waals surface area (Å²) in [5.41, 5.74) is 2.67. The molecule has 14 heavy (non-hydrogen) atoms. The van der Waals surface area contributed by atoms with Gasteiger partial charge < -0.3 is 5.11 Å². The summed E-state index contributed by atoms with van der Waals surface area (Å²) in [4.78, 5) is 4.05. The molecule has 0 saturated heterocycles. The fraction of sp³-hybridized carbons (Fsp3) is 0.100. The molecule has 0 aromatic carbocycles. The molecule has 2 aromatic rings. The Morgan fingerprint density at radius 3 is 2.64 bits per heavy atom. The molecule has 2 heterocycles. The number of hydrogen-bond donors (Lipinski definition) is 1. The van der Waals surface area contributed by atoms with Gasteiger partial charge in [0.05, 0.1) is 5.69 Å². The predicted molar refractivity (Wildman–Crippen MR) is 51.7 cm³/mol. The standard InChI is InChI=1S/C10H9N3O/c1-7-4-8(6-11-5-7)9-2-3-10(14)13-12-9/h2-6H,1H3,(H,13,14). The summed E-state index contributed by atoms with van der Waals surface area (Å²) in [7, 11) is 0. The van der Waals surface area contributed by atoms with Crippen LogP contribution in [0.3, 0.4) is 0 Å². The molecule has 0 aliphatic heterocycles. The molecule has 2 rings (SSSR count). The second-order valence-electron chi connectivity index (χ2n) is 3.03. The monoisotopic (exact) mass is 187 g/mol. The van der Waals surface area contributed by atoms with Crippen molar-refractivity contribution in [1.82, 2.24) is 15.2 Å². The number of aryl methyl sites for hydroxylation is 1. The van der Waals surface area contributed by atoms with E-state index in [2.05, 4.69) is 15.2 Å². The first kappa shape index (κ1) is 8.62. The van der Waals surface area contributed by atoms with Crippen molar-refractivity contribution in [1.29, 1.82) is 0 Å². The summed E-state index contributed by atoms with van der Waals surface area (Å²) >= 11 is 0. The molecule has 0 fully saturated rings. The molecular weight excluding hydrogens is 178 g/mol. The molecule has 0 radical (unpaired) electrons. The Kier molecular flexibility index (Phi) is 2.10. The van der Waals surface area contributed by atoms with E-state index in [9.17, 15) is 0 Å². The van der Waals surface area contributed by atoms with Crippen molar-refractivity contribution in [2.75, 3.05) is 0 Å². The van der Waals surface area contributed by atoms with E-state index < -0.39 is 0 Å². The lowest BCUT2D eigenvalue weighted by Gasteiger charge is -1.99. The van der Waals surface area contributed by atoms with Crippen molar-refractivity contribution in [3.8, 4) is 17.1 Å². The maximum absolute atomic E-state index is 8.97. The Morgan fingerprint density at radius 2 is 2.00 bits per heavy atom. The summed E-state index contributed by atoms with van der Waals surface area (Å²) < 4.78 is 0. The van der Waals surface area contributed by atoms with E-state index in [0.717, 1.165) is 11.1 Å². The Labute approximate surface area is 81.3 Å². The van der Waals surface area contributed by atoms with E-state index in [-0.39, 0.29) is 5.88 Å². The van der Waals surface area contributed by atoms with Crippen LogP contribution in [0.4, 0.5) is 0 Å². The van der Waals surface area contributed by atoms with Crippen molar-refractivity contribution >= 4 is 0 Å². The summed E-state index contributed by atoms with van der Waals surface area (Å²) in [5, 5.41) is 16.4. The van der Waals surface area contributed by atoms with Gasteiger partial charge in [-0.3, -0.25) is 4.98 Å². The molecule has 0 amide bonds. The highest BCUT2D eigenvalue weighted by atomic mass is 16.3. The first-order valence-electron chi connectivity index (χ1n) is 4.20. The van der Waals surface area contributed by atoms with E-state index in [1.807, 2.05) is 13.0 Å². The van der Waals surface area contributed by atoms with Crippen LogP contribution in [0, 0.1) is 6.92 Å². The third-order valence-corrected chi connectivity index (χ3v) is 1.82. The van der Waals surface area contributed by atoms with Crippen molar-refractivity contribution < 1.29 is 5.11 Å². The summed E-state index contributed by atoms with van der Waals surface area (Å²) in [6, 6.07) is 5.18. The maximum atomic E-state index is 8.97. The van der Waals surface area contributed by atoms with Gasteiger partial charge in [0.1, 0.15) is 0 Å². The second-order valence-corrected chi connectivity index (χ2v) is 3.03. The quantitative estimate of drug-likeness (QED) is 0.735. The zero-order valence-electron chi connectivity index (χ0n) is 7.68. The smallest absolute Gasteiger partial charge is 0.230 e. The zero-order chi connectivity index (χ0) is 9.97. The molecule has 0 aliphatic carbocycles. The van der Waals surface area contributed by atoms with Gasteiger partial charge in [0, 0.05) is 24.0 Å². The van der Waals surface area contributed by atoms with Crippen LogP contribution in [0.5, 0.6) is 5.88 Å². The van der Waals surface area contributed by atoms with Gasteiger partial charge in [-0.15, -0.1) is 10.2 Å². The topological polar surface area (TPSA) is 58.9 Å². The fourth-order valence-corrected chi connectivity index (χ4v) is 1.17. The number of aromatic hydroxyl groups is 1. The Balaban J connectivity index is 2.44. The highest BCUT2D eigenvalue weighted by Crippen LogP contribution is 2.16. The van der Waals surface area contributed by atoms with Crippen LogP contribution >= 0.6 is 0 Å². The van der Waals surface area contributed by atoms with Crippen LogP contribution in [-0.4, -0.2) is 20.3 Å². The number of nitrogens with zero attached hydrogens (tertiary/aromatic N) is 3. The van der Waals surface area contributed by atoms with Crippen LogP contribution < -0.4 is 0 Å². The van der Waals surface area contributed by atoms with Crippen LogP contribution in [0.25, 0.3) is 11.3 Å². The van der Waals surface area contributed by atoms with Crippen molar-refractivity contribution in [2.45, 2.75) is 6.92 Å². The molecule has 0 atom stereocenters. The number of aromatic nitrogens is 3. The molecule has 2 aromatic heterocycles. The van der Waals surface area contributed by atoms with Gasteiger partial charge in [-0.1, -0.05) is 0 Å². The first-order valence-corrected chi connectivity index (χ1v) is 4.20. The molecule has 0 saturated carbocycles. The minimum absolute atomic E-state index is 0.0747. The van der Waals surface area contributed by atoms with E-state index in [1.54, 1.807) is 18.5 Å². The minimum atomic E-state index is -0.0747. The summed E-state index contributed by atoms with van der Waals surface area (Å²) in [6.45, 7) is 1.96. The van der Waals surface area contributed by atoms with E-state index in [4.69, 9.17) is 5.11 Å². The average Bonchev–Trinajstić information content (AvgIpc) is 2.19. The lowest BCUT2D eigenvalue weighted by Crippen LogP contribution is -1.88. The van der Waals surface area contributed by atoms with Crippen molar-refractivity contribution in [3.63, 3.8) is 0 Å². The lowest BCUT2D eigenvalue weighted by atomic mass is 10.1. The molecule has 4 heteroatoms. The largest absolute Gasteiger partial charge is 0.492 e. The zero-order valence-corrected chi connectivity index (χ0v) is 7.68. The molecule has 0 spiro atoms. The normalized spacial score (nSPS) is 10.1. The fourth-order valence-electron chi connectivity index (χ4n) is 1.17. The van der Waals surface area contributed by atoms with Crippen LogP contribution in [0.1, 0.15) is 5.56 Å². The van der Waals surface area contributed by atoms with E-state index >= 15 is 0 Å². The van der Waals surface area contributed by atoms with Gasteiger partial charge in [-0.25, -0.2) is 0 Å². The van der Waals surface area contributed by atoms with E-state index in [1.165, 1.54) is 6.07 Å². The molecule has 1 N–H and O–H groups in total. The molecule has 4 nitrogen and oxygen atoms in total. The number of pyridine rings is 1. The summed E-state index contributed by atoms with van der Waals surface area (Å²) in [5.74, 6) is -0.0747. The Bertz CT molecular complexity index is 439. The van der Waals surface area contributed by atoms with Gasteiger partial charge in [-0.05, 0) is 24.6 Å². The highest BCUT2D eigenvalue weighted by Gasteiger charge is 2.00. The van der Waals surface area contributed by atoms with Gasteiger partial charge in [0.15, 0.2) is 0 Å². The van der Waals surface area contributed by atoms with Crippen molar-refractivity contribution in [2.24, 2.45) is 0 Å². The van der Waals surface area contributed by atoms with Crippen molar-refractivity contribution in [3.05, 3.63) is 36.2 Å². The van der Waals surface area contributed by atoms with Crippen LogP contribution in [0.15, 0.2) is 30.6 Å². The second kappa shape index (κ2) is 3.41. The van der Waals surface area contributed by atoms with Gasteiger partial charge in [-0.2, -0.15) is 0 Å². The molecular formula is C10H9N3O. The minimum Gasteiger partial charge on any atom is -0.492 e. The number of rotatable bonds is 1. The SMILES string of the molecule is Cc1cncc(-c2ccc(O)nn2)c1. The molecule has 0 bridgehead atoms. The molecule has 0 aliphatic rings. The van der Waals surface area contributed by atoms with Crippen LogP contribution in [0.2, 0.25) is 0 Å². The van der Waals surface area contributed by atoms with Gasteiger partial charge >= 0.3 is 0 Å². The average molecular weight is 187 g/mol. The molecule has 0 unspecified atom stereocenters. The van der Waals surface area contributed by atoms with Gasteiger partial charge in [0.2, 0.25) is 5.88 Å². The third-order valence-electron chi connectivity index (χ3n) is 1.82. The van der Waals surface area contributed by atoms with E-state index in [0.29, 0.717) is 5.69 Å². The number of hydrogen-bond acceptors (Lipinski definition) is 4. The Hall–Kier alpha value is -1.97. The molecule has 70 valence electrons. The Morgan fingerprint density at radius 1 is 1.14 bits per heavy atom. The predicted octanol–water partition coefficient (Wildman–Crippen LogP) is 1.55. The lowest BCUT2D eigenvalue weighted by molar-refractivity contribution is 0.445. The van der Waals surface area contributed by atoms with Crippen LogP contribution in [-0.2, 0) is 0 Å².